The number of H-pyrrole nitrogens is 2. The number of nitrogens with one attached hydrogen (secondary N) is 2. The number of fused-ring (bicyclic) bond motifs is 1. The Hall–Kier alpha value is -4.65. The van der Waals surface area contributed by atoms with Gasteiger partial charge in [-0.3, -0.25) is 4.79 Å². The minimum atomic E-state index is -0.378. The van der Waals surface area contributed by atoms with Crippen LogP contribution in [0.25, 0.3) is 33.5 Å². The largest absolute Gasteiger partial charge is 0.319 e. The second-order valence-electron chi connectivity index (χ2n) is 9.50. The number of tetrazole rings is 1. The Bertz CT molecular complexity index is 1620. The molecule has 5 rings (SSSR count). The van der Waals surface area contributed by atoms with Gasteiger partial charge in [0.25, 0.3) is 5.56 Å². The van der Waals surface area contributed by atoms with Crippen molar-refractivity contribution in [1.29, 1.82) is 5.26 Å². The predicted octanol–water partition coefficient (Wildman–Crippen LogP) is 3.48. The molecule has 0 aliphatic rings. The van der Waals surface area contributed by atoms with Crippen LogP contribution in [0, 0.1) is 16.7 Å². The molecule has 174 valence electrons. The van der Waals surface area contributed by atoms with Gasteiger partial charge in [0.1, 0.15) is 22.9 Å². The average molecular weight is 466 g/mol. The smallest absolute Gasteiger partial charge is 0.290 e. The van der Waals surface area contributed by atoms with Gasteiger partial charge in [0.15, 0.2) is 5.69 Å². The zero-order chi connectivity index (χ0) is 24.6. The van der Waals surface area contributed by atoms with Gasteiger partial charge < -0.3 is 4.57 Å². The molecule has 3 aromatic heterocycles. The van der Waals surface area contributed by atoms with E-state index in [1.165, 1.54) is 0 Å². The van der Waals surface area contributed by atoms with Crippen LogP contribution in [0.3, 0.4) is 0 Å². The third kappa shape index (κ3) is 4.19. The lowest BCUT2D eigenvalue weighted by Crippen LogP contribution is -2.18. The number of aromatic amines is 2. The Morgan fingerprint density at radius 3 is 2.40 bits per heavy atom. The summed E-state index contributed by atoms with van der Waals surface area (Å²) in [6.07, 6.45) is 0.619. The van der Waals surface area contributed by atoms with Crippen molar-refractivity contribution in [2.45, 2.75) is 33.7 Å². The topological polar surface area (TPSA) is 142 Å². The summed E-state index contributed by atoms with van der Waals surface area (Å²) < 4.78 is 1.90. The van der Waals surface area contributed by atoms with E-state index in [1.807, 2.05) is 59.2 Å². The van der Waals surface area contributed by atoms with Crippen LogP contribution >= 0.6 is 0 Å². The first-order valence-electron chi connectivity index (χ1n) is 11.1. The Kier molecular flexibility index (Phi) is 5.45. The summed E-state index contributed by atoms with van der Waals surface area (Å²) >= 11 is 0. The Morgan fingerprint density at radius 1 is 1.00 bits per heavy atom. The van der Waals surface area contributed by atoms with Gasteiger partial charge in [-0.15, -0.1) is 10.2 Å². The number of rotatable bonds is 5. The van der Waals surface area contributed by atoms with Crippen LogP contribution in [-0.4, -0.2) is 40.4 Å². The van der Waals surface area contributed by atoms with E-state index in [9.17, 15) is 10.1 Å². The molecular weight excluding hydrogens is 442 g/mol. The fraction of sp³-hybridized carbons (Fsp3) is 0.240. The van der Waals surface area contributed by atoms with E-state index >= 15 is 0 Å². The summed E-state index contributed by atoms with van der Waals surface area (Å²) in [7, 11) is 0. The van der Waals surface area contributed by atoms with Crippen molar-refractivity contribution < 1.29 is 0 Å². The molecule has 0 unspecified atom stereocenters. The summed E-state index contributed by atoms with van der Waals surface area (Å²) in [5.41, 5.74) is 4.04. The zero-order valence-electron chi connectivity index (χ0n) is 19.6. The molecule has 0 saturated carbocycles. The highest BCUT2D eigenvalue weighted by atomic mass is 16.1. The maximum absolute atomic E-state index is 12.9. The standard InChI is InChI=1S/C25H23N9O/c1-25(2,3)12-20-27-21-19(13-26)28-31-24(35)22(21)34(20)14-15-8-4-5-9-16(15)17-10-6-7-11-18(17)23-29-32-33-30-23/h4-11H,12,14H2,1-3H3,(H,31,35)(H,29,30,32,33). The van der Waals surface area contributed by atoms with Crippen molar-refractivity contribution in [2.24, 2.45) is 5.41 Å². The van der Waals surface area contributed by atoms with Gasteiger partial charge in [-0.25, -0.2) is 10.1 Å². The molecule has 10 nitrogen and oxygen atoms in total. The molecule has 2 aromatic carbocycles. The number of hydrogen-bond acceptors (Lipinski definition) is 7. The van der Waals surface area contributed by atoms with Gasteiger partial charge in [-0.05, 0) is 27.3 Å². The second kappa shape index (κ2) is 8.61. The van der Waals surface area contributed by atoms with Gasteiger partial charge >= 0.3 is 0 Å². The van der Waals surface area contributed by atoms with Crippen LogP contribution in [0.1, 0.15) is 37.9 Å². The Balaban J connectivity index is 1.71. The molecule has 10 heteroatoms. The first-order valence-corrected chi connectivity index (χ1v) is 11.1. The van der Waals surface area contributed by atoms with Crippen molar-refractivity contribution in [3.05, 3.63) is 76.0 Å². The maximum atomic E-state index is 12.9. The maximum Gasteiger partial charge on any atom is 0.290 e. The summed E-state index contributed by atoms with van der Waals surface area (Å²) in [5, 5.41) is 30.4. The van der Waals surface area contributed by atoms with Gasteiger partial charge in [0.05, 0.1) is 6.54 Å². The number of nitrogens with zero attached hydrogens (tertiary/aromatic N) is 7. The van der Waals surface area contributed by atoms with E-state index in [0.29, 0.717) is 29.8 Å². The van der Waals surface area contributed by atoms with Crippen molar-refractivity contribution >= 4 is 11.0 Å². The number of aromatic nitrogens is 8. The van der Waals surface area contributed by atoms with E-state index in [0.717, 1.165) is 28.1 Å². The van der Waals surface area contributed by atoms with E-state index in [1.54, 1.807) is 0 Å². The van der Waals surface area contributed by atoms with Gasteiger partial charge in [-0.1, -0.05) is 69.3 Å². The molecule has 0 amide bonds. The lowest BCUT2D eigenvalue weighted by Gasteiger charge is -2.20. The molecule has 0 saturated heterocycles. The monoisotopic (exact) mass is 465 g/mol. The molecular formula is C25H23N9O. The molecule has 0 radical (unpaired) electrons. The summed E-state index contributed by atoms with van der Waals surface area (Å²) in [4.78, 5) is 17.6. The Labute approximate surface area is 200 Å². The molecule has 0 bridgehead atoms. The SMILES string of the molecule is CC(C)(C)Cc1nc2c(C#N)n[nH]c(=O)c2n1Cc1ccccc1-c1ccccc1-c1nn[nH]n1. The van der Waals surface area contributed by atoms with Crippen molar-refractivity contribution in [1.82, 2.24) is 40.4 Å². The number of imidazole rings is 1. The van der Waals surface area contributed by atoms with Crippen LogP contribution in [0.4, 0.5) is 0 Å². The average Bonchev–Trinajstić information content (AvgIpc) is 3.48. The van der Waals surface area contributed by atoms with Crippen LogP contribution in [0.2, 0.25) is 0 Å². The minimum absolute atomic E-state index is 0.0864. The lowest BCUT2D eigenvalue weighted by molar-refractivity contribution is 0.394. The Morgan fingerprint density at radius 2 is 1.71 bits per heavy atom. The summed E-state index contributed by atoms with van der Waals surface area (Å²) in [6, 6.07) is 17.9. The van der Waals surface area contributed by atoms with Crippen LogP contribution in [0.15, 0.2) is 53.3 Å². The number of hydrogen-bond donors (Lipinski definition) is 2. The molecule has 0 aliphatic heterocycles. The first kappa shape index (κ1) is 22.2. The molecule has 0 spiro atoms. The van der Waals surface area contributed by atoms with Gasteiger partial charge in [0.2, 0.25) is 5.82 Å². The number of nitriles is 1. The van der Waals surface area contributed by atoms with Gasteiger partial charge in [0, 0.05) is 12.0 Å². The van der Waals surface area contributed by atoms with Crippen LogP contribution in [-0.2, 0) is 13.0 Å². The highest BCUT2D eigenvalue weighted by Gasteiger charge is 2.23. The minimum Gasteiger partial charge on any atom is -0.319 e. The summed E-state index contributed by atoms with van der Waals surface area (Å²) in [5.74, 6) is 1.22. The highest BCUT2D eigenvalue weighted by Crippen LogP contribution is 2.33. The normalized spacial score (nSPS) is 11.6. The van der Waals surface area contributed by atoms with Crippen molar-refractivity contribution in [3.8, 4) is 28.6 Å². The molecule has 0 aliphatic carbocycles. The van der Waals surface area contributed by atoms with E-state index in [4.69, 9.17) is 4.98 Å². The molecule has 3 heterocycles. The predicted molar refractivity (Wildman–Crippen MR) is 130 cm³/mol. The fourth-order valence-electron chi connectivity index (χ4n) is 4.24. The fourth-order valence-corrected chi connectivity index (χ4v) is 4.24. The zero-order valence-corrected chi connectivity index (χ0v) is 19.6. The molecule has 5 aromatic rings. The third-order valence-corrected chi connectivity index (χ3v) is 5.70. The number of benzene rings is 2. The van der Waals surface area contributed by atoms with E-state index in [-0.39, 0.29) is 16.7 Å². The lowest BCUT2D eigenvalue weighted by atomic mass is 9.91. The van der Waals surface area contributed by atoms with E-state index < -0.39 is 0 Å². The van der Waals surface area contributed by atoms with Crippen LogP contribution < -0.4 is 5.56 Å². The highest BCUT2D eigenvalue weighted by molar-refractivity contribution is 5.83. The molecule has 0 atom stereocenters. The molecule has 35 heavy (non-hydrogen) atoms. The third-order valence-electron chi connectivity index (χ3n) is 5.70. The molecule has 2 N–H and O–H groups in total. The van der Waals surface area contributed by atoms with Crippen LogP contribution in [0.5, 0.6) is 0 Å². The van der Waals surface area contributed by atoms with Gasteiger partial charge in [-0.2, -0.15) is 15.6 Å². The second-order valence-corrected chi connectivity index (χ2v) is 9.50. The van der Waals surface area contributed by atoms with Crippen molar-refractivity contribution in [2.75, 3.05) is 0 Å². The molecule has 0 fully saturated rings. The van der Waals surface area contributed by atoms with Crippen molar-refractivity contribution in [3.63, 3.8) is 0 Å². The first-order chi connectivity index (χ1) is 16.9. The summed E-state index contributed by atoms with van der Waals surface area (Å²) in [6.45, 7) is 6.72. The quantitative estimate of drug-likeness (QED) is 0.405. The van der Waals surface area contributed by atoms with E-state index in [2.05, 4.69) is 51.6 Å².